The smallest absolute Gasteiger partial charge is 0.222 e. The number of aliphatic imine (C=N–C) groups is 1. The second-order valence-electron chi connectivity index (χ2n) is 5.23. The van der Waals surface area contributed by atoms with Gasteiger partial charge in [-0.2, -0.15) is 0 Å². The van der Waals surface area contributed by atoms with Gasteiger partial charge in [-0.25, -0.2) is 0 Å². The van der Waals surface area contributed by atoms with Crippen LogP contribution in [0.4, 0.5) is 0 Å². The van der Waals surface area contributed by atoms with Crippen LogP contribution in [-0.4, -0.2) is 31.0 Å². The zero-order valence-electron chi connectivity index (χ0n) is 13.9. The van der Waals surface area contributed by atoms with E-state index in [9.17, 15) is 4.79 Å². The maximum atomic E-state index is 11.8. The van der Waals surface area contributed by atoms with E-state index in [0.717, 1.165) is 24.5 Å². The van der Waals surface area contributed by atoms with Crippen LogP contribution < -0.4 is 16.0 Å². The topological polar surface area (TPSA) is 65.5 Å². The molecule has 0 saturated carbocycles. The summed E-state index contributed by atoms with van der Waals surface area (Å²) in [5, 5.41) is 9.40. The SMILES string of the molecule is CCNC(=NCCC(=O)NCc1ccccc1)NC(C)CC. The van der Waals surface area contributed by atoms with Crippen molar-refractivity contribution in [2.75, 3.05) is 13.1 Å². The van der Waals surface area contributed by atoms with E-state index in [1.165, 1.54) is 0 Å². The van der Waals surface area contributed by atoms with Crippen molar-refractivity contribution in [1.29, 1.82) is 0 Å². The fourth-order valence-corrected chi connectivity index (χ4v) is 1.81. The molecule has 1 aromatic carbocycles. The molecule has 3 N–H and O–H groups in total. The summed E-state index contributed by atoms with van der Waals surface area (Å²) >= 11 is 0. The number of carbonyl (C=O) groups excluding carboxylic acids is 1. The summed E-state index contributed by atoms with van der Waals surface area (Å²) in [6, 6.07) is 10.3. The molecule has 0 aliphatic rings. The first-order valence-electron chi connectivity index (χ1n) is 8.01. The second-order valence-corrected chi connectivity index (χ2v) is 5.23. The van der Waals surface area contributed by atoms with Crippen molar-refractivity contribution in [1.82, 2.24) is 16.0 Å². The maximum Gasteiger partial charge on any atom is 0.222 e. The summed E-state index contributed by atoms with van der Waals surface area (Å²) in [4.78, 5) is 16.2. The van der Waals surface area contributed by atoms with Crippen molar-refractivity contribution in [3.8, 4) is 0 Å². The molecule has 1 atom stereocenters. The van der Waals surface area contributed by atoms with Crippen molar-refractivity contribution < 1.29 is 4.79 Å². The highest BCUT2D eigenvalue weighted by Gasteiger charge is 2.04. The minimum Gasteiger partial charge on any atom is -0.357 e. The molecule has 0 heterocycles. The first kappa shape index (κ1) is 18.0. The van der Waals surface area contributed by atoms with Gasteiger partial charge in [0, 0.05) is 25.6 Å². The monoisotopic (exact) mass is 304 g/mol. The Labute approximate surface area is 133 Å². The molecule has 1 aromatic rings. The van der Waals surface area contributed by atoms with E-state index in [1.54, 1.807) is 0 Å². The summed E-state index contributed by atoms with van der Waals surface area (Å²) in [7, 11) is 0. The Morgan fingerprint density at radius 2 is 1.91 bits per heavy atom. The predicted molar refractivity (Wildman–Crippen MR) is 91.8 cm³/mol. The van der Waals surface area contributed by atoms with Gasteiger partial charge < -0.3 is 16.0 Å². The molecular formula is C17H28N4O. The summed E-state index contributed by atoms with van der Waals surface area (Å²) in [6.45, 7) is 8.11. The third-order valence-corrected chi connectivity index (χ3v) is 3.28. The quantitative estimate of drug-likeness (QED) is 0.509. The summed E-state index contributed by atoms with van der Waals surface area (Å²) < 4.78 is 0. The van der Waals surface area contributed by atoms with Gasteiger partial charge in [0.25, 0.3) is 0 Å². The van der Waals surface area contributed by atoms with E-state index in [4.69, 9.17) is 0 Å². The van der Waals surface area contributed by atoms with Crippen LogP contribution in [0.3, 0.4) is 0 Å². The number of hydrogen-bond acceptors (Lipinski definition) is 2. The first-order chi connectivity index (χ1) is 10.7. The van der Waals surface area contributed by atoms with Crippen molar-refractivity contribution in [2.45, 2.75) is 46.2 Å². The minimum atomic E-state index is 0.0204. The Kier molecular flexibility index (Phi) is 8.72. The van der Waals surface area contributed by atoms with Crippen molar-refractivity contribution in [3.63, 3.8) is 0 Å². The second kappa shape index (κ2) is 10.7. The van der Waals surface area contributed by atoms with Crippen LogP contribution in [0.2, 0.25) is 0 Å². The molecule has 22 heavy (non-hydrogen) atoms. The minimum absolute atomic E-state index is 0.0204. The van der Waals surface area contributed by atoms with Gasteiger partial charge in [0.15, 0.2) is 5.96 Å². The molecule has 5 heteroatoms. The average molecular weight is 304 g/mol. The molecule has 1 unspecified atom stereocenters. The lowest BCUT2D eigenvalue weighted by Crippen LogP contribution is -2.42. The molecule has 0 saturated heterocycles. The van der Waals surface area contributed by atoms with E-state index in [2.05, 4.69) is 34.8 Å². The Hall–Kier alpha value is -2.04. The third kappa shape index (κ3) is 7.67. The van der Waals surface area contributed by atoms with Crippen LogP contribution in [0.5, 0.6) is 0 Å². The molecular weight excluding hydrogens is 276 g/mol. The Morgan fingerprint density at radius 3 is 2.55 bits per heavy atom. The standard InChI is InChI=1S/C17H28N4O/c1-4-14(3)21-17(18-5-2)19-12-11-16(22)20-13-15-9-7-6-8-10-15/h6-10,14H,4-5,11-13H2,1-3H3,(H,20,22)(H2,18,19,21). The summed E-state index contributed by atoms with van der Waals surface area (Å²) in [5.74, 6) is 0.791. The van der Waals surface area contributed by atoms with Crippen LogP contribution in [0.25, 0.3) is 0 Å². The van der Waals surface area contributed by atoms with Gasteiger partial charge in [0.2, 0.25) is 5.91 Å². The van der Waals surface area contributed by atoms with Gasteiger partial charge in [0.05, 0.1) is 6.54 Å². The van der Waals surface area contributed by atoms with Gasteiger partial charge in [-0.1, -0.05) is 37.3 Å². The molecule has 0 aliphatic carbocycles. The molecule has 1 rings (SSSR count). The lowest BCUT2D eigenvalue weighted by molar-refractivity contribution is -0.121. The number of guanidine groups is 1. The Balaban J connectivity index is 2.33. The predicted octanol–water partition coefficient (Wildman–Crippen LogP) is 2.05. The summed E-state index contributed by atoms with van der Waals surface area (Å²) in [6.07, 6.45) is 1.42. The molecule has 0 aliphatic heterocycles. The van der Waals surface area contributed by atoms with Crippen LogP contribution in [0.15, 0.2) is 35.3 Å². The van der Waals surface area contributed by atoms with Crippen molar-refractivity contribution in [2.24, 2.45) is 4.99 Å². The fourth-order valence-electron chi connectivity index (χ4n) is 1.81. The van der Waals surface area contributed by atoms with E-state index >= 15 is 0 Å². The molecule has 122 valence electrons. The third-order valence-electron chi connectivity index (χ3n) is 3.28. The number of carbonyl (C=O) groups is 1. The van der Waals surface area contributed by atoms with Crippen LogP contribution in [-0.2, 0) is 11.3 Å². The molecule has 0 bridgehead atoms. The van der Waals surface area contributed by atoms with Crippen LogP contribution in [0.1, 0.15) is 39.2 Å². The molecule has 1 amide bonds. The normalized spacial score (nSPS) is 12.6. The fraction of sp³-hybridized carbons (Fsp3) is 0.529. The largest absolute Gasteiger partial charge is 0.357 e. The van der Waals surface area contributed by atoms with Gasteiger partial charge in [-0.15, -0.1) is 0 Å². The number of nitrogens with zero attached hydrogens (tertiary/aromatic N) is 1. The van der Waals surface area contributed by atoms with E-state index in [0.29, 0.717) is 25.6 Å². The van der Waals surface area contributed by atoms with Gasteiger partial charge in [-0.05, 0) is 25.8 Å². The summed E-state index contributed by atoms with van der Waals surface area (Å²) in [5.41, 5.74) is 1.10. The number of rotatable bonds is 8. The van der Waals surface area contributed by atoms with E-state index in [-0.39, 0.29) is 5.91 Å². The number of amides is 1. The maximum absolute atomic E-state index is 11.8. The molecule has 0 aromatic heterocycles. The Morgan fingerprint density at radius 1 is 1.18 bits per heavy atom. The van der Waals surface area contributed by atoms with Crippen molar-refractivity contribution in [3.05, 3.63) is 35.9 Å². The van der Waals surface area contributed by atoms with Crippen LogP contribution >= 0.6 is 0 Å². The van der Waals surface area contributed by atoms with E-state index < -0.39 is 0 Å². The highest BCUT2D eigenvalue weighted by atomic mass is 16.1. The molecule has 5 nitrogen and oxygen atoms in total. The zero-order chi connectivity index (χ0) is 16.2. The highest BCUT2D eigenvalue weighted by Crippen LogP contribution is 1.97. The van der Waals surface area contributed by atoms with Gasteiger partial charge in [-0.3, -0.25) is 9.79 Å². The van der Waals surface area contributed by atoms with Crippen molar-refractivity contribution >= 4 is 11.9 Å². The molecule has 0 radical (unpaired) electrons. The van der Waals surface area contributed by atoms with Gasteiger partial charge >= 0.3 is 0 Å². The number of hydrogen-bond donors (Lipinski definition) is 3. The number of benzene rings is 1. The molecule has 0 spiro atoms. The van der Waals surface area contributed by atoms with E-state index in [1.807, 2.05) is 37.3 Å². The Bertz CT molecular complexity index is 459. The first-order valence-corrected chi connectivity index (χ1v) is 8.01. The lowest BCUT2D eigenvalue weighted by Gasteiger charge is -2.16. The lowest BCUT2D eigenvalue weighted by atomic mass is 10.2. The zero-order valence-corrected chi connectivity index (χ0v) is 13.9. The molecule has 0 fully saturated rings. The van der Waals surface area contributed by atoms with Gasteiger partial charge in [0.1, 0.15) is 0 Å². The highest BCUT2D eigenvalue weighted by molar-refractivity contribution is 5.81. The average Bonchev–Trinajstić information content (AvgIpc) is 2.54. The van der Waals surface area contributed by atoms with Crippen LogP contribution in [0, 0.1) is 0 Å². The number of nitrogens with one attached hydrogen (secondary N) is 3.